The SMILES string of the molecule is CC[C@@H](C)C(=O)OC.COC(=O)[C@H](C)CO. The van der Waals surface area contributed by atoms with E-state index in [4.69, 9.17) is 5.11 Å². The molecule has 0 unspecified atom stereocenters. The molecule has 0 saturated carbocycles. The molecule has 0 spiro atoms. The molecule has 0 saturated heterocycles. The summed E-state index contributed by atoms with van der Waals surface area (Å²) < 4.78 is 8.77. The van der Waals surface area contributed by atoms with Gasteiger partial charge in [-0.3, -0.25) is 9.59 Å². The Morgan fingerprint density at radius 2 is 1.44 bits per heavy atom. The highest BCUT2D eigenvalue weighted by Gasteiger charge is 2.09. The third-order valence-corrected chi connectivity index (χ3v) is 2.09. The van der Waals surface area contributed by atoms with Gasteiger partial charge in [0.15, 0.2) is 0 Å². The molecule has 0 fully saturated rings. The molecular formula is C11H22O5. The second-order valence-electron chi connectivity index (χ2n) is 3.44. The van der Waals surface area contributed by atoms with Gasteiger partial charge in [0.25, 0.3) is 0 Å². The van der Waals surface area contributed by atoms with Gasteiger partial charge in [-0.05, 0) is 13.3 Å². The van der Waals surface area contributed by atoms with Crippen LogP contribution in [0.1, 0.15) is 27.2 Å². The van der Waals surface area contributed by atoms with E-state index in [1.807, 2.05) is 13.8 Å². The second-order valence-corrected chi connectivity index (χ2v) is 3.44. The quantitative estimate of drug-likeness (QED) is 0.734. The third kappa shape index (κ3) is 8.23. The van der Waals surface area contributed by atoms with Crippen molar-refractivity contribution in [1.29, 1.82) is 0 Å². The van der Waals surface area contributed by atoms with E-state index in [-0.39, 0.29) is 30.4 Å². The number of aliphatic hydroxyl groups is 1. The Kier molecular flexibility index (Phi) is 11.3. The largest absolute Gasteiger partial charge is 0.469 e. The minimum Gasteiger partial charge on any atom is -0.469 e. The maximum absolute atomic E-state index is 10.5. The van der Waals surface area contributed by atoms with Crippen molar-refractivity contribution in [3.63, 3.8) is 0 Å². The van der Waals surface area contributed by atoms with Gasteiger partial charge in [0, 0.05) is 0 Å². The van der Waals surface area contributed by atoms with E-state index < -0.39 is 0 Å². The van der Waals surface area contributed by atoms with Crippen molar-refractivity contribution >= 4 is 11.9 Å². The molecule has 0 heterocycles. The summed E-state index contributed by atoms with van der Waals surface area (Å²) in [4.78, 5) is 20.9. The summed E-state index contributed by atoms with van der Waals surface area (Å²) in [6.45, 7) is 5.27. The van der Waals surface area contributed by atoms with Gasteiger partial charge in [-0.1, -0.05) is 13.8 Å². The predicted octanol–water partition coefficient (Wildman–Crippen LogP) is 0.993. The second kappa shape index (κ2) is 10.4. The third-order valence-electron chi connectivity index (χ3n) is 2.09. The number of methoxy groups -OCH3 is 2. The van der Waals surface area contributed by atoms with Gasteiger partial charge >= 0.3 is 11.9 Å². The molecule has 0 amide bonds. The normalized spacial score (nSPS) is 12.9. The van der Waals surface area contributed by atoms with Crippen LogP contribution in [0.4, 0.5) is 0 Å². The number of aliphatic hydroxyl groups excluding tert-OH is 1. The molecule has 1 N–H and O–H groups in total. The van der Waals surface area contributed by atoms with Gasteiger partial charge in [-0.25, -0.2) is 0 Å². The summed E-state index contributed by atoms with van der Waals surface area (Å²) in [6.07, 6.45) is 0.854. The lowest BCUT2D eigenvalue weighted by molar-refractivity contribution is -0.146. The summed E-state index contributed by atoms with van der Waals surface area (Å²) in [5.74, 6) is -0.819. The molecule has 0 aliphatic rings. The minimum atomic E-state index is -0.389. The first-order chi connectivity index (χ1) is 7.44. The molecule has 0 aliphatic carbocycles. The maximum Gasteiger partial charge on any atom is 0.310 e. The van der Waals surface area contributed by atoms with Crippen LogP contribution in [0.15, 0.2) is 0 Å². The molecule has 16 heavy (non-hydrogen) atoms. The van der Waals surface area contributed by atoms with E-state index in [2.05, 4.69) is 9.47 Å². The summed E-state index contributed by atoms with van der Waals surface area (Å²) in [6, 6.07) is 0. The van der Waals surface area contributed by atoms with Crippen LogP contribution in [0.3, 0.4) is 0 Å². The molecule has 5 nitrogen and oxygen atoms in total. The van der Waals surface area contributed by atoms with Crippen LogP contribution in [-0.4, -0.2) is 37.9 Å². The van der Waals surface area contributed by atoms with Crippen LogP contribution in [0.2, 0.25) is 0 Å². The number of carbonyl (C=O) groups is 2. The van der Waals surface area contributed by atoms with Crippen molar-refractivity contribution in [2.45, 2.75) is 27.2 Å². The zero-order valence-corrected chi connectivity index (χ0v) is 10.6. The van der Waals surface area contributed by atoms with Crippen molar-refractivity contribution < 1.29 is 24.2 Å². The van der Waals surface area contributed by atoms with Crippen molar-refractivity contribution in [3.8, 4) is 0 Å². The predicted molar refractivity (Wildman–Crippen MR) is 59.7 cm³/mol. The van der Waals surface area contributed by atoms with Crippen LogP contribution in [0.5, 0.6) is 0 Å². The van der Waals surface area contributed by atoms with E-state index in [1.54, 1.807) is 6.92 Å². The Hall–Kier alpha value is -1.10. The first-order valence-electron chi connectivity index (χ1n) is 5.20. The Morgan fingerprint density at radius 3 is 1.56 bits per heavy atom. The van der Waals surface area contributed by atoms with Crippen molar-refractivity contribution in [1.82, 2.24) is 0 Å². The van der Waals surface area contributed by atoms with Crippen LogP contribution >= 0.6 is 0 Å². The molecule has 0 aliphatic heterocycles. The fraction of sp³-hybridized carbons (Fsp3) is 0.818. The zero-order chi connectivity index (χ0) is 13.1. The van der Waals surface area contributed by atoms with Gasteiger partial charge in [0.05, 0.1) is 32.7 Å². The highest BCUT2D eigenvalue weighted by Crippen LogP contribution is 2.00. The lowest BCUT2D eigenvalue weighted by Gasteiger charge is -2.02. The van der Waals surface area contributed by atoms with Gasteiger partial charge in [0.2, 0.25) is 0 Å². The minimum absolute atomic E-state index is 0.0556. The fourth-order valence-electron chi connectivity index (χ4n) is 0.644. The standard InChI is InChI=1S/C6H12O2.C5H10O3/c1-4-5(2)6(7)8-3;1-4(3-6)5(7)8-2/h5H,4H2,1-3H3;4,6H,3H2,1-2H3/t5-;4-/m11/s1. The maximum atomic E-state index is 10.5. The Balaban J connectivity index is 0. The van der Waals surface area contributed by atoms with Crippen LogP contribution in [-0.2, 0) is 19.1 Å². The van der Waals surface area contributed by atoms with Gasteiger partial charge in [-0.15, -0.1) is 0 Å². The molecule has 96 valence electrons. The van der Waals surface area contributed by atoms with E-state index >= 15 is 0 Å². The van der Waals surface area contributed by atoms with Crippen LogP contribution in [0, 0.1) is 11.8 Å². The van der Waals surface area contributed by atoms with E-state index in [0.717, 1.165) is 6.42 Å². The Bertz CT molecular complexity index is 181. The highest BCUT2D eigenvalue weighted by molar-refractivity contribution is 5.72. The first kappa shape index (κ1) is 17.3. The number of hydrogen-bond acceptors (Lipinski definition) is 5. The summed E-state index contributed by atoms with van der Waals surface area (Å²) >= 11 is 0. The highest BCUT2D eigenvalue weighted by atomic mass is 16.5. The molecule has 0 bridgehead atoms. The van der Waals surface area contributed by atoms with Crippen molar-refractivity contribution in [2.24, 2.45) is 11.8 Å². The molecule has 0 aromatic carbocycles. The summed E-state index contributed by atoms with van der Waals surface area (Å²) in [5.41, 5.74) is 0. The average Bonchev–Trinajstić information content (AvgIpc) is 2.35. The molecule has 5 heteroatoms. The smallest absolute Gasteiger partial charge is 0.310 e. The number of esters is 2. The van der Waals surface area contributed by atoms with E-state index in [0.29, 0.717) is 0 Å². The van der Waals surface area contributed by atoms with Crippen LogP contribution < -0.4 is 0 Å². The number of carbonyl (C=O) groups excluding carboxylic acids is 2. The van der Waals surface area contributed by atoms with Gasteiger partial charge < -0.3 is 14.6 Å². The molecule has 0 rings (SSSR count). The van der Waals surface area contributed by atoms with Crippen LogP contribution in [0.25, 0.3) is 0 Å². The number of rotatable bonds is 4. The average molecular weight is 234 g/mol. The Labute approximate surface area is 96.7 Å². The molecule has 2 atom stereocenters. The molecular weight excluding hydrogens is 212 g/mol. The van der Waals surface area contributed by atoms with Crippen molar-refractivity contribution in [3.05, 3.63) is 0 Å². The molecule has 0 aromatic rings. The topological polar surface area (TPSA) is 72.8 Å². The van der Waals surface area contributed by atoms with Gasteiger partial charge in [-0.2, -0.15) is 0 Å². The first-order valence-corrected chi connectivity index (χ1v) is 5.20. The number of ether oxygens (including phenoxy) is 2. The Morgan fingerprint density at radius 1 is 1.06 bits per heavy atom. The molecule has 0 radical (unpaired) electrons. The summed E-state index contributed by atoms with van der Waals surface area (Å²) in [5, 5.41) is 8.34. The number of hydrogen-bond donors (Lipinski definition) is 1. The van der Waals surface area contributed by atoms with Gasteiger partial charge in [0.1, 0.15) is 0 Å². The molecule has 0 aromatic heterocycles. The summed E-state index contributed by atoms with van der Waals surface area (Å²) in [7, 11) is 2.71. The lowest BCUT2D eigenvalue weighted by Crippen LogP contribution is -2.15. The van der Waals surface area contributed by atoms with E-state index in [1.165, 1.54) is 14.2 Å². The fourth-order valence-corrected chi connectivity index (χ4v) is 0.644. The van der Waals surface area contributed by atoms with Crippen molar-refractivity contribution in [2.75, 3.05) is 20.8 Å². The zero-order valence-electron chi connectivity index (χ0n) is 10.6. The van der Waals surface area contributed by atoms with E-state index in [9.17, 15) is 9.59 Å². The lowest BCUT2D eigenvalue weighted by atomic mass is 10.1. The monoisotopic (exact) mass is 234 g/mol.